The van der Waals surface area contributed by atoms with Crippen LogP contribution in [0.1, 0.15) is 0 Å². The van der Waals surface area contributed by atoms with Crippen LogP contribution >= 0.6 is 0 Å². The monoisotopic (exact) mass is 201 g/mol. The molecule has 0 aromatic rings. The van der Waals surface area contributed by atoms with Gasteiger partial charge in [-0.1, -0.05) is 0 Å². The largest absolute Gasteiger partial charge is 3.00 e. The van der Waals surface area contributed by atoms with E-state index in [0.717, 1.165) is 0 Å². The van der Waals surface area contributed by atoms with Crippen LogP contribution in [0.5, 0.6) is 0 Å². The van der Waals surface area contributed by atoms with Crippen LogP contribution in [0.2, 0.25) is 0 Å². The van der Waals surface area contributed by atoms with Gasteiger partial charge in [-0.3, -0.25) is 0 Å². The topological polar surface area (TPSA) is 189 Å². The summed E-state index contributed by atoms with van der Waals surface area (Å²) < 4.78 is 0. The smallest absolute Gasteiger partial charge is 1.00 e. The molecule has 8 heavy (non-hydrogen) atoms. The van der Waals surface area contributed by atoms with Crippen LogP contribution in [-0.4, -0.2) is 32.9 Å². The summed E-state index contributed by atoms with van der Waals surface area (Å²) >= 11 is 0. The maximum atomic E-state index is 0. The van der Waals surface area contributed by atoms with E-state index in [0.29, 0.717) is 0 Å². The number of halogens is 1. The predicted molar refractivity (Wildman–Crippen MR) is 21.7 cm³/mol. The first kappa shape index (κ1) is 1650. The quantitative estimate of drug-likeness (QED) is 0.337. The first-order chi connectivity index (χ1) is 0. The zero-order valence-corrected chi connectivity index (χ0v) is 5.44. The number of hydrogen-bond acceptors (Lipinski definition) is 0. The van der Waals surface area contributed by atoms with Crippen molar-refractivity contribution in [2.45, 2.75) is 0 Å². The maximum absolute atomic E-state index is 0. The second kappa shape index (κ2) is 1090. The average molecular weight is 202 g/mol. The Hall–Kier alpha value is 0.544. The molecule has 6 nitrogen and oxygen atoms in total. The molecule has 0 spiro atoms. The van der Waals surface area contributed by atoms with Gasteiger partial charge in [0.1, 0.15) is 0 Å². The third-order valence-corrected chi connectivity index (χ3v) is 0. The number of hydrogen-bond donors (Lipinski definition) is 0. The molecule has 0 aromatic heterocycles. The van der Waals surface area contributed by atoms with E-state index in [1.165, 1.54) is 0 Å². The van der Waals surface area contributed by atoms with Crippen molar-refractivity contribution < 1.29 is 61.8 Å². The van der Waals surface area contributed by atoms with Crippen molar-refractivity contribution in [3.8, 4) is 0 Å². The van der Waals surface area contributed by atoms with E-state index in [2.05, 4.69) is 0 Å². The maximum Gasteiger partial charge on any atom is 3.00 e. The Morgan fingerprint density at radius 1 is 0.375 bits per heavy atom. The fourth-order valence-corrected chi connectivity index (χ4v) is 0. The third-order valence-electron chi connectivity index (χ3n) is 0. The van der Waals surface area contributed by atoms with Gasteiger partial charge in [0.2, 0.25) is 0 Å². The van der Waals surface area contributed by atoms with Crippen molar-refractivity contribution in [3.63, 3.8) is 0 Å². The molecule has 0 saturated heterocycles. The van der Waals surface area contributed by atoms with E-state index >= 15 is 0 Å². The Bertz CT molecular complexity index is 8.49. The summed E-state index contributed by atoms with van der Waals surface area (Å²) in [4.78, 5) is 0. The summed E-state index contributed by atoms with van der Waals surface area (Å²) in [6, 6.07) is 0. The second-order valence-electron chi connectivity index (χ2n) is 0. The second-order valence-corrected chi connectivity index (χ2v) is 0. The van der Waals surface area contributed by atoms with Gasteiger partial charge in [-0.15, -0.1) is 0 Å². The molecule has 0 unspecified atom stereocenters. The van der Waals surface area contributed by atoms with Crippen LogP contribution < -0.4 is 12.4 Å². The first-order valence-electron chi connectivity index (χ1n) is 0. The zero-order valence-electron chi connectivity index (χ0n) is 3.69. The van der Waals surface area contributed by atoms with Crippen LogP contribution in [0.3, 0.4) is 0 Å². The Labute approximate surface area is 62.5 Å². The Morgan fingerprint density at radius 3 is 0.375 bits per heavy atom. The Kier molecular flexibility index (Phi) is 225000. The van der Waals surface area contributed by atoms with Gasteiger partial charge >= 0.3 is 16.5 Å². The van der Waals surface area contributed by atoms with Crippen LogP contribution in [-0.2, 0) is 16.5 Å². The van der Waals surface area contributed by atoms with Crippen LogP contribution in [0.15, 0.2) is 0 Å². The van der Waals surface area contributed by atoms with E-state index in [1.807, 2.05) is 0 Å². The van der Waals surface area contributed by atoms with Gasteiger partial charge in [0.15, 0.2) is 0 Å². The van der Waals surface area contributed by atoms with Gasteiger partial charge in [0.05, 0.1) is 0 Å². The summed E-state index contributed by atoms with van der Waals surface area (Å²) in [5.74, 6) is 0. The molecule has 0 amide bonds. The summed E-state index contributed by atoms with van der Waals surface area (Å²) in [5, 5.41) is 0. The fourth-order valence-electron chi connectivity index (χ4n) is 0. The summed E-state index contributed by atoms with van der Waals surface area (Å²) in [7, 11) is 0. The van der Waals surface area contributed by atoms with Crippen LogP contribution in [0, 0.1) is 0 Å². The van der Waals surface area contributed by atoms with Crippen molar-refractivity contribution >= 4 is 0 Å². The van der Waals surface area contributed by atoms with Gasteiger partial charge in [-0.25, -0.2) is 0 Å². The van der Waals surface area contributed by atoms with Crippen molar-refractivity contribution in [2.75, 3.05) is 0 Å². The molecule has 0 atom stereocenters. The molecule has 0 aromatic carbocycles. The number of rotatable bonds is 0. The summed E-state index contributed by atoms with van der Waals surface area (Å²) in [5.41, 5.74) is 0. The average Bonchev–Trinajstić information content (AvgIpc) is 0. The van der Waals surface area contributed by atoms with Gasteiger partial charge in [0, 0.05) is 0 Å². The standard InChI is InChI=1S/ClH.Ni.6H2O/h1H;;6*1H2/q;+3;;;;;;/p-1. The zero-order chi connectivity index (χ0) is 0. The van der Waals surface area contributed by atoms with Gasteiger partial charge in [-0.05, 0) is 0 Å². The first-order valence-corrected chi connectivity index (χ1v) is 0. The molecule has 0 rings (SSSR count). The van der Waals surface area contributed by atoms with Crippen molar-refractivity contribution in [2.24, 2.45) is 0 Å². The molecule has 0 aliphatic rings. The summed E-state index contributed by atoms with van der Waals surface area (Å²) in [6.45, 7) is 0. The van der Waals surface area contributed by atoms with Crippen molar-refractivity contribution in [1.29, 1.82) is 0 Å². The molecule has 0 saturated carbocycles. The molecular formula is H12ClNiO6+2. The molecule has 8 heteroatoms. The van der Waals surface area contributed by atoms with E-state index in [-0.39, 0.29) is 61.8 Å². The molecule has 0 fully saturated rings. The van der Waals surface area contributed by atoms with Crippen LogP contribution in [0.4, 0.5) is 0 Å². The van der Waals surface area contributed by atoms with Gasteiger partial charge in [-0.2, -0.15) is 0 Å². The molecular weight excluding hydrogens is 190 g/mol. The van der Waals surface area contributed by atoms with E-state index in [4.69, 9.17) is 0 Å². The molecule has 0 aliphatic carbocycles. The minimum absolute atomic E-state index is 0. The minimum Gasteiger partial charge on any atom is -1.00 e. The van der Waals surface area contributed by atoms with Gasteiger partial charge in [0.25, 0.3) is 0 Å². The van der Waals surface area contributed by atoms with Crippen molar-refractivity contribution in [1.82, 2.24) is 0 Å². The van der Waals surface area contributed by atoms with E-state index in [9.17, 15) is 0 Å². The molecule has 0 bridgehead atoms. The third kappa shape index (κ3) is 681. The Balaban J connectivity index is 0. The van der Waals surface area contributed by atoms with Crippen molar-refractivity contribution in [3.05, 3.63) is 0 Å². The van der Waals surface area contributed by atoms with E-state index < -0.39 is 0 Å². The molecule has 0 aliphatic heterocycles. The molecule has 63 valence electrons. The Morgan fingerprint density at radius 2 is 0.375 bits per heavy atom. The SMILES string of the molecule is O.O.O.O.O.O.[Cl-].[Ni+3]. The predicted octanol–water partition coefficient (Wildman–Crippen LogP) is -7.95. The minimum atomic E-state index is 0. The molecule has 12 N–H and O–H groups in total. The fraction of sp³-hybridized carbons (Fsp3) is 0. The molecule has 0 heterocycles. The van der Waals surface area contributed by atoms with Crippen LogP contribution in [0.25, 0.3) is 0 Å². The van der Waals surface area contributed by atoms with E-state index in [1.54, 1.807) is 0 Å². The molecule has 1 radical (unpaired) electrons. The van der Waals surface area contributed by atoms with Gasteiger partial charge < -0.3 is 45.3 Å². The normalized spacial score (nSPS) is 0. The summed E-state index contributed by atoms with van der Waals surface area (Å²) in [6.07, 6.45) is 0.